The standard InChI is InChI=1S/C56H32B2N4O2S2/c1-3-13-37(14-4-1)61-43-17-7-19-45-51(43)57(40-21-22-49-39(53(40)61)23-26-65-49)41-27-35-28-42-48(30-36(35)29-47(41)63-45)64-46-20-8-18-44-52(46)58(42)56-54(62(44)38-15-5-2-6-16-38)50(33-11-9-24-59-31-33)55(66-56)34-12-10-25-60-32-34/h1-32H. The molecular weight excluding hydrogens is 846 g/mol. The molecule has 7 aromatic carbocycles. The minimum atomic E-state index is -0.105. The molecule has 0 saturated heterocycles. The lowest BCUT2D eigenvalue weighted by atomic mass is 9.34. The Bertz CT molecular complexity index is 3810. The third kappa shape index (κ3) is 5.08. The number of pyridine rings is 2. The van der Waals surface area contributed by atoms with E-state index >= 15 is 0 Å². The monoisotopic (exact) mass is 878 g/mol. The highest BCUT2D eigenvalue weighted by atomic mass is 32.1. The molecule has 15 rings (SSSR count). The molecule has 11 aromatic rings. The lowest BCUT2D eigenvalue weighted by Gasteiger charge is -2.40. The average molecular weight is 879 g/mol. The number of fused-ring (bicyclic) bond motifs is 11. The normalized spacial score (nSPS) is 13.6. The van der Waals surface area contributed by atoms with Crippen LogP contribution in [0.15, 0.2) is 194 Å². The largest absolute Gasteiger partial charge is 0.458 e. The molecule has 8 heterocycles. The number of rotatable bonds is 4. The lowest BCUT2D eigenvalue weighted by Crippen LogP contribution is -2.59. The summed E-state index contributed by atoms with van der Waals surface area (Å²) in [6.07, 6.45) is 7.66. The fourth-order valence-electron chi connectivity index (χ4n) is 11.1. The van der Waals surface area contributed by atoms with Crippen LogP contribution in [-0.2, 0) is 0 Å². The zero-order chi connectivity index (χ0) is 43.0. The Morgan fingerprint density at radius 1 is 0.485 bits per heavy atom. The topological polar surface area (TPSA) is 50.7 Å². The molecule has 6 nitrogen and oxygen atoms in total. The SMILES string of the molecule is c1ccc(N2c3cccc4c3B(c3cc5cc6c(cc5cc3O4)Oc3cccc4c3B6c3ccc5sccc5c3N4c3ccccc3)c3sc(-c4cccnc4)c(-c4cccnc4)c32)cc1. The van der Waals surface area contributed by atoms with Gasteiger partial charge in [-0.25, -0.2) is 0 Å². The molecule has 0 saturated carbocycles. The van der Waals surface area contributed by atoms with Crippen molar-refractivity contribution in [3.8, 4) is 44.6 Å². The first-order chi connectivity index (χ1) is 32.7. The van der Waals surface area contributed by atoms with Gasteiger partial charge in [0.05, 0.1) is 11.4 Å². The highest BCUT2D eigenvalue weighted by molar-refractivity contribution is 7.31. The maximum Gasteiger partial charge on any atom is 0.268 e. The number of benzene rings is 7. The number of thiophene rings is 2. The molecule has 0 radical (unpaired) electrons. The highest BCUT2D eigenvalue weighted by Crippen LogP contribution is 2.51. The Hall–Kier alpha value is -7.91. The summed E-state index contributed by atoms with van der Waals surface area (Å²) in [6.45, 7) is -0.142. The van der Waals surface area contributed by atoms with Gasteiger partial charge in [0.25, 0.3) is 13.4 Å². The van der Waals surface area contributed by atoms with Crippen molar-refractivity contribution in [1.82, 2.24) is 9.97 Å². The molecule has 0 amide bonds. The molecular formula is C56H32B2N4O2S2. The predicted octanol–water partition coefficient (Wildman–Crippen LogP) is 11.1. The predicted molar refractivity (Wildman–Crippen MR) is 275 cm³/mol. The summed E-state index contributed by atoms with van der Waals surface area (Å²) in [7, 11) is 0. The molecule has 4 aliphatic rings. The first-order valence-electron chi connectivity index (χ1n) is 22.2. The van der Waals surface area contributed by atoms with E-state index in [0.29, 0.717) is 0 Å². The number of hydrogen-bond acceptors (Lipinski definition) is 8. The minimum Gasteiger partial charge on any atom is -0.458 e. The second-order valence-corrected chi connectivity index (χ2v) is 19.3. The molecule has 0 fully saturated rings. The third-order valence-corrected chi connectivity index (χ3v) is 16.0. The van der Waals surface area contributed by atoms with Crippen LogP contribution in [-0.4, -0.2) is 23.4 Å². The Morgan fingerprint density at radius 3 is 1.74 bits per heavy atom. The second kappa shape index (κ2) is 13.8. The molecule has 0 N–H and O–H groups in total. The van der Waals surface area contributed by atoms with Crippen LogP contribution in [0.25, 0.3) is 42.4 Å². The van der Waals surface area contributed by atoms with Crippen LogP contribution in [0.4, 0.5) is 34.1 Å². The van der Waals surface area contributed by atoms with Gasteiger partial charge in [0.1, 0.15) is 23.0 Å². The first-order valence-corrected chi connectivity index (χ1v) is 23.9. The van der Waals surface area contributed by atoms with Gasteiger partial charge in [0.15, 0.2) is 0 Å². The average Bonchev–Trinajstić information content (AvgIpc) is 4.02. The van der Waals surface area contributed by atoms with Crippen molar-refractivity contribution in [2.24, 2.45) is 0 Å². The fraction of sp³-hybridized carbons (Fsp3) is 0. The Kier molecular flexibility index (Phi) is 7.62. The van der Waals surface area contributed by atoms with Crippen molar-refractivity contribution < 1.29 is 9.47 Å². The number of aromatic nitrogens is 2. The summed E-state index contributed by atoms with van der Waals surface area (Å²) < 4.78 is 16.6. The van der Waals surface area contributed by atoms with Crippen LogP contribution in [0.3, 0.4) is 0 Å². The van der Waals surface area contributed by atoms with E-state index in [-0.39, 0.29) is 13.4 Å². The van der Waals surface area contributed by atoms with E-state index in [9.17, 15) is 0 Å². The highest BCUT2D eigenvalue weighted by Gasteiger charge is 2.46. The number of para-hydroxylation sites is 2. The third-order valence-electron chi connectivity index (χ3n) is 13.8. The number of anilines is 6. The van der Waals surface area contributed by atoms with E-state index in [0.717, 1.165) is 94.7 Å². The van der Waals surface area contributed by atoms with E-state index in [1.54, 1.807) is 11.3 Å². The van der Waals surface area contributed by atoms with Crippen molar-refractivity contribution >= 4 is 123 Å². The van der Waals surface area contributed by atoms with Crippen LogP contribution in [0, 0.1) is 0 Å². The Morgan fingerprint density at radius 2 is 1.09 bits per heavy atom. The van der Waals surface area contributed by atoms with Crippen LogP contribution in [0.2, 0.25) is 0 Å². The van der Waals surface area contributed by atoms with Crippen molar-refractivity contribution in [3.05, 3.63) is 194 Å². The van der Waals surface area contributed by atoms with Gasteiger partial charge < -0.3 is 19.3 Å². The van der Waals surface area contributed by atoms with Gasteiger partial charge in [-0.05, 0) is 128 Å². The molecule has 10 heteroatoms. The maximum atomic E-state index is 7.05. The Labute approximate surface area is 388 Å². The zero-order valence-corrected chi connectivity index (χ0v) is 36.7. The molecule has 0 bridgehead atoms. The molecule has 306 valence electrons. The fourth-order valence-corrected chi connectivity index (χ4v) is 13.3. The summed E-state index contributed by atoms with van der Waals surface area (Å²) in [5, 5.41) is 5.69. The van der Waals surface area contributed by atoms with E-state index < -0.39 is 0 Å². The summed E-state index contributed by atoms with van der Waals surface area (Å²) in [5.41, 5.74) is 16.1. The van der Waals surface area contributed by atoms with E-state index in [1.165, 1.54) is 36.9 Å². The Balaban J connectivity index is 0.977. The van der Waals surface area contributed by atoms with Crippen molar-refractivity contribution in [3.63, 3.8) is 0 Å². The first kappa shape index (κ1) is 36.4. The van der Waals surface area contributed by atoms with E-state index in [4.69, 9.17) is 9.47 Å². The van der Waals surface area contributed by atoms with Gasteiger partial charge in [-0.3, -0.25) is 9.97 Å². The van der Waals surface area contributed by atoms with Gasteiger partial charge in [-0.15, -0.1) is 22.7 Å². The molecule has 4 aliphatic heterocycles. The van der Waals surface area contributed by atoms with Gasteiger partial charge in [-0.2, -0.15) is 0 Å². The number of nitrogens with zero attached hydrogens (tertiary/aromatic N) is 4. The van der Waals surface area contributed by atoms with Crippen LogP contribution in [0.1, 0.15) is 0 Å². The zero-order valence-electron chi connectivity index (χ0n) is 35.1. The van der Waals surface area contributed by atoms with E-state index in [2.05, 4.69) is 177 Å². The summed E-state index contributed by atoms with van der Waals surface area (Å²) >= 11 is 3.64. The quantitative estimate of drug-likeness (QED) is 0.164. The maximum absolute atomic E-state index is 7.05. The summed E-state index contributed by atoms with van der Waals surface area (Å²) in [5.74, 6) is 3.49. The van der Waals surface area contributed by atoms with Gasteiger partial charge in [0, 0.05) is 84.0 Å². The van der Waals surface area contributed by atoms with Crippen molar-refractivity contribution in [2.45, 2.75) is 0 Å². The van der Waals surface area contributed by atoms with Crippen molar-refractivity contribution in [2.75, 3.05) is 9.80 Å². The molecule has 4 aromatic heterocycles. The number of ether oxygens (including phenoxy) is 2. The van der Waals surface area contributed by atoms with E-state index in [1.807, 2.05) is 48.3 Å². The van der Waals surface area contributed by atoms with Crippen LogP contribution < -0.4 is 51.4 Å². The molecule has 0 unspecified atom stereocenters. The molecule has 0 aliphatic carbocycles. The molecule has 0 atom stereocenters. The molecule has 0 spiro atoms. The summed E-state index contributed by atoms with van der Waals surface area (Å²) in [6, 6.07) is 59.0. The minimum absolute atomic E-state index is 0.0367. The van der Waals surface area contributed by atoms with Gasteiger partial charge in [0.2, 0.25) is 0 Å². The second-order valence-electron chi connectivity index (χ2n) is 17.3. The molecule has 66 heavy (non-hydrogen) atoms. The number of hydrogen-bond donors (Lipinski definition) is 0. The lowest BCUT2D eigenvalue weighted by molar-refractivity contribution is 0.486. The van der Waals surface area contributed by atoms with Crippen LogP contribution in [0.5, 0.6) is 23.0 Å². The smallest absolute Gasteiger partial charge is 0.268 e. The van der Waals surface area contributed by atoms with Gasteiger partial charge in [-0.1, -0.05) is 78.9 Å². The van der Waals surface area contributed by atoms with Gasteiger partial charge >= 0.3 is 0 Å². The summed E-state index contributed by atoms with van der Waals surface area (Å²) in [4.78, 5) is 15.3. The van der Waals surface area contributed by atoms with Crippen LogP contribution >= 0.6 is 22.7 Å². The van der Waals surface area contributed by atoms with Crippen molar-refractivity contribution in [1.29, 1.82) is 0 Å².